The van der Waals surface area contributed by atoms with Crippen LogP contribution in [-0.2, 0) is 31.9 Å². The molecule has 0 bridgehead atoms. The molecule has 0 aliphatic carbocycles. The van der Waals surface area contributed by atoms with E-state index >= 15 is 0 Å². The van der Waals surface area contributed by atoms with Gasteiger partial charge in [0.25, 0.3) is 0 Å². The molecule has 55 heavy (non-hydrogen) atoms. The van der Waals surface area contributed by atoms with Crippen LogP contribution in [0.15, 0.2) is 115 Å². The Morgan fingerprint density at radius 2 is 1.24 bits per heavy atom. The molecule has 0 fully saturated rings. The van der Waals surface area contributed by atoms with Crippen LogP contribution in [0.25, 0.3) is 60.8 Å². The van der Waals surface area contributed by atoms with E-state index in [0.29, 0.717) is 11.5 Å². The van der Waals surface area contributed by atoms with E-state index in [1.165, 1.54) is 32.9 Å². The van der Waals surface area contributed by atoms with Gasteiger partial charge in [0.15, 0.2) is 0 Å². The van der Waals surface area contributed by atoms with E-state index < -0.39 is 0 Å². The van der Waals surface area contributed by atoms with Gasteiger partial charge >= 0.3 is 21.1 Å². The summed E-state index contributed by atoms with van der Waals surface area (Å²) in [7, 11) is 0. The Hall–Kier alpha value is -5.45. The zero-order chi connectivity index (χ0) is 37.5. The number of ether oxygens (including phenoxy) is 1. The Balaban J connectivity index is 0.00000427. The molecule has 0 aliphatic heterocycles. The summed E-state index contributed by atoms with van der Waals surface area (Å²) in [6, 6.07) is 45.4. The average Bonchev–Trinajstić information content (AvgIpc) is 3.78. The van der Waals surface area contributed by atoms with E-state index in [-0.39, 0.29) is 31.9 Å². The normalized spacial score (nSPS) is 12.2. The monoisotopic (exact) mass is 900 g/mol. The van der Waals surface area contributed by atoms with Gasteiger partial charge in [-0.3, -0.25) is 4.68 Å². The molecule has 4 aromatic heterocycles. The minimum atomic E-state index is -0.0747. The van der Waals surface area contributed by atoms with Gasteiger partial charge in [-0.25, -0.2) is 4.98 Å². The molecule has 6 nitrogen and oxygen atoms in total. The van der Waals surface area contributed by atoms with Gasteiger partial charge in [-0.1, -0.05) is 102 Å². The number of hydrogen-bond donors (Lipinski definition) is 0. The number of hydrogen-bond acceptors (Lipinski definition) is 3. The predicted molar refractivity (Wildman–Crippen MR) is 221 cm³/mol. The van der Waals surface area contributed by atoms with Crippen molar-refractivity contribution >= 4 is 43.6 Å². The Morgan fingerprint density at radius 3 is 1.89 bits per heavy atom. The third-order valence-electron chi connectivity index (χ3n) is 10.4. The zero-order valence-corrected chi connectivity index (χ0v) is 34.7. The first-order valence-corrected chi connectivity index (χ1v) is 18.6. The number of pyridine rings is 1. The summed E-state index contributed by atoms with van der Waals surface area (Å²) in [5, 5.41) is 9.36. The number of rotatable bonds is 5. The largest absolute Gasteiger partial charge is 2.00 e. The van der Waals surface area contributed by atoms with Crippen molar-refractivity contribution in [3.05, 3.63) is 150 Å². The van der Waals surface area contributed by atoms with Gasteiger partial charge < -0.3 is 13.9 Å². The number of fused-ring (bicyclic) bond motifs is 6. The van der Waals surface area contributed by atoms with Gasteiger partial charge in [-0.05, 0) is 65.1 Å². The summed E-state index contributed by atoms with van der Waals surface area (Å²) in [5.74, 6) is 1.99. The van der Waals surface area contributed by atoms with Crippen LogP contribution >= 0.6 is 0 Å². The Kier molecular flexibility index (Phi) is 8.89. The molecule has 0 spiro atoms. The molecular weight excluding hydrogens is 858 g/mol. The predicted octanol–water partition coefficient (Wildman–Crippen LogP) is 12.1. The van der Waals surface area contributed by atoms with Gasteiger partial charge in [0.05, 0.1) is 22.4 Å². The van der Waals surface area contributed by atoms with Gasteiger partial charge in [0, 0.05) is 45.7 Å². The minimum absolute atomic E-state index is 0. The third kappa shape index (κ3) is 6.17. The van der Waals surface area contributed by atoms with E-state index in [1.54, 1.807) is 0 Å². The molecule has 0 aliphatic rings. The Morgan fingerprint density at radius 1 is 0.600 bits per heavy atom. The minimum Gasteiger partial charge on any atom is -0.509 e. The topological polar surface area (TPSA) is 49.8 Å². The quantitative estimate of drug-likeness (QED) is 0.162. The first kappa shape index (κ1) is 36.5. The molecule has 0 unspecified atom stereocenters. The summed E-state index contributed by atoms with van der Waals surface area (Å²) >= 11 is 0. The van der Waals surface area contributed by atoms with Gasteiger partial charge in [0.2, 0.25) is 0 Å². The van der Waals surface area contributed by atoms with E-state index in [2.05, 4.69) is 153 Å². The molecule has 0 atom stereocenters. The first-order valence-electron chi connectivity index (χ1n) is 18.6. The van der Waals surface area contributed by atoms with Crippen molar-refractivity contribution in [2.24, 2.45) is 0 Å². The van der Waals surface area contributed by atoms with Crippen molar-refractivity contribution in [3.63, 3.8) is 0 Å². The van der Waals surface area contributed by atoms with Crippen LogP contribution in [-0.4, -0.2) is 23.9 Å². The molecule has 0 saturated carbocycles. The second-order valence-corrected chi connectivity index (χ2v) is 16.4. The molecule has 0 N–H and O–H groups in total. The molecular formula is C48H43N5OPt. The average molecular weight is 901 g/mol. The number of para-hydroxylation sites is 3. The van der Waals surface area contributed by atoms with Gasteiger partial charge in [-0.15, -0.1) is 35.7 Å². The number of nitrogens with zero attached hydrogens (tertiary/aromatic N) is 5. The first-order chi connectivity index (χ1) is 25.9. The summed E-state index contributed by atoms with van der Waals surface area (Å²) < 4.78 is 13.0. The third-order valence-corrected chi connectivity index (χ3v) is 10.4. The van der Waals surface area contributed by atoms with Crippen LogP contribution in [0.1, 0.15) is 64.1 Å². The molecule has 4 heterocycles. The molecule has 276 valence electrons. The summed E-state index contributed by atoms with van der Waals surface area (Å²) in [6.45, 7) is 17.8. The van der Waals surface area contributed by atoms with E-state index in [1.807, 2.05) is 49.0 Å². The van der Waals surface area contributed by atoms with Crippen LogP contribution in [0.3, 0.4) is 0 Å². The summed E-state index contributed by atoms with van der Waals surface area (Å²) in [6.07, 6.45) is 1.93. The molecule has 0 saturated heterocycles. The fourth-order valence-electron chi connectivity index (χ4n) is 8.04. The van der Waals surface area contributed by atoms with Crippen LogP contribution in [0.4, 0.5) is 0 Å². The maximum absolute atomic E-state index is 6.46. The van der Waals surface area contributed by atoms with Crippen LogP contribution in [0.5, 0.6) is 11.5 Å². The second kappa shape index (κ2) is 13.4. The molecule has 5 aromatic carbocycles. The number of aryl methyl sites for hydroxylation is 2. The van der Waals surface area contributed by atoms with Crippen molar-refractivity contribution in [1.82, 2.24) is 23.9 Å². The van der Waals surface area contributed by atoms with E-state index in [4.69, 9.17) is 9.72 Å². The van der Waals surface area contributed by atoms with Crippen molar-refractivity contribution in [2.45, 2.75) is 66.2 Å². The maximum atomic E-state index is 6.46. The van der Waals surface area contributed by atoms with Gasteiger partial charge in [-0.2, -0.15) is 17.2 Å². The summed E-state index contributed by atoms with van der Waals surface area (Å²) in [5.41, 5.74) is 10.7. The van der Waals surface area contributed by atoms with Gasteiger partial charge in [0.1, 0.15) is 5.82 Å². The Labute approximate surface area is 336 Å². The molecule has 7 heteroatoms. The van der Waals surface area contributed by atoms with Crippen LogP contribution in [0.2, 0.25) is 0 Å². The number of benzene rings is 5. The van der Waals surface area contributed by atoms with Crippen LogP contribution in [0, 0.1) is 26.0 Å². The smallest absolute Gasteiger partial charge is 0.509 e. The molecule has 0 amide bonds. The van der Waals surface area contributed by atoms with E-state index in [0.717, 1.165) is 50.4 Å². The fourth-order valence-corrected chi connectivity index (χ4v) is 8.04. The molecule has 9 aromatic rings. The van der Waals surface area contributed by atoms with Crippen molar-refractivity contribution < 1.29 is 25.8 Å². The second-order valence-electron chi connectivity index (χ2n) is 16.4. The maximum Gasteiger partial charge on any atom is 2.00 e. The Bertz CT molecular complexity index is 2840. The SMILES string of the molecule is Cc1cc(C)n(-c2[c-]c(Oc3[c-]c4c(cc3)c3ccccc3n4-c3cc(-n4c5c(C(C)(C)C)cccc5c5cccc(C(C)(C)C)c54)ccn3)ccc2)n1.[Pt+2]. The number of aromatic nitrogens is 5. The zero-order valence-electron chi connectivity index (χ0n) is 32.4. The van der Waals surface area contributed by atoms with Crippen molar-refractivity contribution in [2.75, 3.05) is 0 Å². The molecule has 9 rings (SSSR count). The fraction of sp³-hybridized carbons (Fsp3) is 0.208. The van der Waals surface area contributed by atoms with E-state index in [9.17, 15) is 0 Å². The van der Waals surface area contributed by atoms with Crippen LogP contribution < -0.4 is 4.74 Å². The molecule has 0 radical (unpaired) electrons. The van der Waals surface area contributed by atoms with Crippen molar-refractivity contribution in [3.8, 4) is 28.7 Å². The standard InChI is InChI=1S/C48H43N5O.Pt/c1-30-26-31(2)53(50-30)33-14-11-15-34(27-33)54-35-22-23-37-36-16-9-10-21-42(36)52(43(37)29-35)44-28-32(24-25-49-44)51-45-38(17-12-19-40(45)47(3,4)5)39-18-13-20-41(46(39)51)48(6,7)8;/h9-26,28H,1-8H3;/q-2;+2. The summed E-state index contributed by atoms with van der Waals surface area (Å²) in [4.78, 5) is 5.04. The van der Waals surface area contributed by atoms with Crippen molar-refractivity contribution in [1.29, 1.82) is 0 Å².